The van der Waals surface area contributed by atoms with Crippen LogP contribution in [0.5, 0.6) is 0 Å². The summed E-state index contributed by atoms with van der Waals surface area (Å²) in [7, 11) is 0. The Balaban J connectivity index is 2.14. The molecule has 1 aliphatic rings. The van der Waals surface area contributed by atoms with Crippen molar-refractivity contribution in [3.63, 3.8) is 0 Å². The minimum absolute atomic E-state index is 0.141. The van der Waals surface area contributed by atoms with E-state index < -0.39 is 0 Å². The second-order valence-electron chi connectivity index (χ2n) is 5.49. The Bertz CT molecular complexity index is 595. The second kappa shape index (κ2) is 4.95. The molecule has 19 heavy (non-hydrogen) atoms. The number of nitrogens with two attached hydrogens (primary N) is 1. The number of fused-ring (bicyclic) bond motifs is 1. The number of rotatable bonds is 2. The van der Waals surface area contributed by atoms with Crippen LogP contribution < -0.4 is 5.73 Å². The molecule has 2 aromatic rings. The van der Waals surface area contributed by atoms with Gasteiger partial charge in [-0.25, -0.2) is 0 Å². The summed E-state index contributed by atoms with van der Waals surface area (Å²) >= 11 is 1.79. The zero-order chi connectivity index (χ0) is 13.4. The lowest BCUT2D eigenvalue weighted by Crippen LogP contribution is -2.27. The molecule has 1 aliphatic carbocycles. The fourth-order valence-electron chi connectivity index (χ4n) is 2.84. The van der Waals surface area contributed by atoms with E-state index in [9.17, 15) is 0 Å². The van der Waals surface area contributed by atoms with E-state index in [1.807, 2.05) is 0 Å². The quantitative estimate of drug-likeness (QED) is 0.855. The second-order valence-corrected chi connectivity index (χ2v) is 6.44. The third kappa shape index (κ3) is 2.15. The van der Waals surface area contributed by atoms with Crippen molar-refractivity contribution in [2.75, 3.05) is 0 Å². The van der Waals surface area contributed by atoms with Crippen LogP contribution in [0.1, 0.15) is 35.9 Å². The maximum Gasteiger partial charge on any atom is 0.0462 e. The van der Waals surface area contributed by atoms with E-state index in [0.717, 1.165) is 0 Å². The molecule has 0 radical (unpaired) electrons. The van der Waals surface area contributed by atoms with Crippen molar-refractivity contribution in [1.82, 2.24) is 0 Å². The van der Waals surface area contributed by atoms with Gasteiger partial charge in [0.1, 0.15) is 0 Å². The van der Waals surface area contributed by atoms with Gasteiger partial charge in [-0.3, -0.25) is 0 Å². The van der Waals surface area contributed by atoms with Crippen molar-refractivity contribution in [1.29, 1.82) is 0 Å². The highest BCUT2D eigenvalue weighted by atomic mass is 32.1. The summed E-state index contributed by atoms with van der Waals surface area (Å²) in [5.74, 6) is 0.977. The van der Waals surface area contributed by atoms with E-state index in [1.54, 1.807) is 11.3 Å². The summed E-state index contributed by atoms with van der Waals surface area (Å²) in [5.41, 5.74) is 10.4. The summed E-state index contributed by atoms with van der Waals surface area (Å²) in [5, 5.41) is 2.16. The van der Waals surface area contributed by atoms with Gasteiger partial charge >= 0.3 is 0 Å². The molecule has 1 aromatic carbocycles. The monoisotopic (exact) mass is 269 g/mol. The average Bonchev–Trinajstić information content (AvgIpc) is 2.89. The third-order valence-corrected chi connectivity index (χ3v) is 4.93. The minimum Gasteiger partial charge on any atom is -0.323 e. The molecule has 2 unspecified atom stereocenters. The lowest BCUT2D eigenvalue weighted by atomic mass is 9.78. The number of hydrogen-bond acceptors (Lipinski definition) is 2. The van der Waals surface area contributed by atoms with E-state index in [2.05, 4.69) is 61.7 Å². The molecule has 1 nitrogen and oxygen atoms in total. The van der Waals surface area contributed by atoms with E-state index in [-0.39, 0.29) is 6.04 Å². The average molecular weight is 269 g/mol. The van der Waals surface area contributed by atoms with Crippen molar-refractivity contribution < 1.29 is 0 Å². The molecule has 0 fully saturated rings. The lowest BCUT2D eigenvalue weighted by Gasteiger charge is -2.30. The Morgan fingerprint density at radius 2 is 1.84 bits per heavy atom. The smallest absolute Gasteiger partial charge is 0.0462 e. The molecule has 3 rings (SSSR count). The minimum atomic E-state index is 0.141. The summed E-state index contributed by atoms with van der Waals surface area (Å²) < 4.78 is 0. The fourth-order valence-corrected chi connectivity index (χ4v) is 3.81. The van der Waals surface area contributed by atoms with Gasteiger partial charge in [0.05, 0.1) is 0 Å². The van der Waals surface area contributed by atoms with Gasteiger partial charge < -0.3 is 5.73 Å². The van der Waals surface area contributed by atoms with Crippen LogP contribution in [0.2, 0.25) is 0 Å². The van der Waals surface area contributed by atoms with Crippen LogP contribution in [0.15, 0.2) is 47.9 Å². The van der Waals surface area contributed by atoms with Gasteiger partial charge in [0.2, 0.25) is 0 Å². The van der Waals surface area contributed by atoms with Gasteiger partial charge in [-0.1, -0.05) is 50.3 Å². The molecule has 2 N–H and O–H groups in total. The Labute approximate surface area is 118 Å². The molecule has 0 saturated heterocycles. The predicted molar refractivity (Wildman–Crippen MR) is 83.1 cm³/mol. The van der Waals surface area contributed by atoms with Crippen LogP contribution in [-0.4, -0.2) is 0 Å². The van der Waals surface area contributed by atoms with Gasteiger partial charge in [0, 0.05) is 16.8 Å². The lowest BCUT2D eigenvalue weighted by molar-refractivity contribution is 0.394. The van der Waals surface area contributed by atoms with Gasteiger partial charge in [-0.15, -0.1) is 11.3 Å². The van der Waals surface area contributed by atoms with Crippen LogP contribution in [-0.2, 0) is 0 Å². The van der Waals surface area contributed by atoms with Gasteiger partial charge in [-0.2, -0.15) is 0 Å². The first-order chi connectivity index (χ1) is 9.18. The van der Waals surface area contributed by atoms with E-state index in [1.165, 1.54) is 21.6 Å². The van der Waals surface area contributed by atoms with Crippen molar-refractivity contribution in [2.24, 2.45) is 17.6 Å². The first kappa shape index (κ1) is 12.6. The number of benzene rings is 1. The predicted octanol–water partition coefficient (Wildman–Crippen LogP) is 4.47. The van der Waals surface area contributed by atoms with Crippen molar-refractivity contribution in [3.05, 3.63) is 63.9 Å². The van der Waals surface area contributed by atoms with Crippen LogP contribution in [0.4, 0.5) is 0 Å². The zero-order valence-electron chi connectivity index (χ0n) is 11.3. The summed E-state index contributed by atoms with van der Waals surface area (Å²) in [6.07, 6.45) is 2.37. The first-order valence-corrected chi connectivity index (χ1v) is 7.67. The van der Waals surface area contributed by atoms with E-state index in [0.29, 0.717) is 11.8 Å². The number of thiophene rings is 1. The van der Waals surface area contributed by atoms with Crippen molar-refractivity contribution >= 4 is 16.9 Å². The Kier molecular flexibility index (Phi) is 3.29. The molecule has 0 saturated carbocycles. The highest BCUT2D eigenvalue weighted by Gasteiger charge is 2.30. The van der Waals surface area contributed by atoms with Crippen LogP contribution >= 0.6 is 11.3 Å². The normalized spacial score (nSPS) is 22.2. The van der Waals surface area contributed by atoms with Gasteiger partial charge in [0.25, 0.3) is 0 Å². The van der Waals surface area contributed by atoms with Crippen molar-refractivity contribution in [3.8, 4) is 0 Å². The maximum atomic E-state index is 6.44. The molecule has 1 aromatic heterocycles. The Morgan fingerprint density at radius 1 is 1.11 bits per heavy atom. The van der Waals surface area contributed by atoms with Crippen LogP contribution in [0.3, 0.4) is 0 Å². The first-order valence-electron chi connectivity index (χ1n) is 6.79. The molecule has 1 heterocycles. The largest absolute Gasteiger partial charge is 0.323 e. The molecular formula is C17H19NS. The highest BCUT2D eigenvalue weighted by Crippen LogP contribution is 2.43. The van der Waals surface area contributed by atoms with Crippen LogP contribution in [0, 0.1) is 11.8 Å². The number of hydrogen-bond donors (Lipinski definition) is 1. The standard InChI is InChI=1S/C17H19NS/c1-11(2)14-10-15(12-6-4-3-5-7-12)13-8-9-19-17(13)16(14)18/h3-11,14,16H,18H2,1-2H3. The molecule has 0 amide bonds. The summed E-state index contributed by atoms with van der Waals surface area (Å²) in [6, 6.07) is 13.0. The van der Waals surface area contributed by atoms with E-state index in [4.69, 9.17) is 5.73 Å². The SMILES string of the molecule is CC(C)C1C=C(c2ccccc2)c2ccsc2C1N. The van der Waals surface area contributed by atoms with Gasteiger partial charge in [-0.05, 0) is 34.1 Å². The summed E-state index contributed by atoms with van der Waals surface area (Å²) in [6.45, 7) is 4.50. The molecule has 0 spiro atoms. The molecular weight excluding hydrogens is 250 g/mol. The summed E-state index contributed by atoms with van der Waals surface area (Å²) in [4.78, 5) is 1.33. The van der Waals surface area contributed by atoms with Gasteiger partial charge in [0.15, 0.2) is 0 Å². The fraction of sp³-hybridized carbons (Fsp3) is 0.294. The molecule has 2 heteroatoms. The molecule has 0 aliphatic heterocycles. The third-order valence-electron chi connectivity index (χ3n) is 3.92. The molecule has 2 atom stereocenters. The zero-order valence-corrected chi connectivity index (χ0v) is 12.2. The Morgan fingerprint density at radius 3 is 2.53 bits per heavy atom. The molecule has 98 valence electrons. The van der Waals surface area contributed by atoms with Crippen LogP contribution in [0.25, 0.3) is 5.57 Å². The van der Waals surface area contributed by atoms with Crippen molar-refractivity contribution in [2.45, 2.75) is 19.9 Å². The van der Waals surface area contributed by atoms with E-state index >= 15 is 0 Å². The highest BCUT2D eigenvalue weighted by molar-refractivity contribution is 7.10. The Hall–Kier alpha value is -1.38. The molecule has 0 bridgehead atoms. The topological polar surface area (TPSA) is 26.0 Å². The maximum absolute atomic E-state index is 6.44.